The van der Waals surface area contributed by atoms with Gasteiger partial charge in [0.15, 0.2) is 17.5 Å². The van der Waals surface area contributed by atoms with Crippen LogP contribution < -0.4 is 5.19 Å². The number of hydrogen-bond donors (Lipinski definition) is 0. The molecule has 2 aliphatic rings. The van der Waals surface area contributed by atoms with Gasteiger partial charge in [-0.25, -0.2) is 15.0 Å². The Kier molecular flexibility index (Phi) is 7.63. The normalized spacial score (nSPS) is 14.9. The average Bonchev–Trinajstić information content (AvgIpc) is 3.76. The van der Waals surface area contributed by atoms with Crippen LogP contribution in [0.5, 0.6) is 0 Å². The SMILES string of the molecule is [2H]c1c([2H])c([2H])c(-c2nc(-c3ccc([Si](C)(C)C)cc3)nc(-c3cccc(-c4ccc5c(c4)C4(c6ccccc6-5)c5cc(C(C)(C)C)ccc5-c5ccc(C(C)(C)C)cc54)c3)n2)c([2H])c1[2H]. The predicted molar refractivity (Wildman–Crippen MR) is 258 cm³/mol. The van der Waals surface area contributed by atoms with Crippen LogP contribution in [0.3, 0.4) is 0 Å². The predicted octanol–water partition coefficient (Wildman–Crippen LogP) is 14.0. The fourth-order valence-corrected chi connectivity index (χ4v) is 10.5. The van der Waals surface area contributed by atoms with Crippen LogP contribution >= 0.6 is 0 Å². The molecule has 300 valence electrons. The van der Waals surface area contributed by atoms with Crippen LogP contribution in [-0.4, -0.2) is 23.0 Å². The maximum absolute atomic E-state index is 8.85. The van der Waals surface area contributed by atoms with Crippen LogP contribution in [0.4, 0.5) is 0 Å². The molecular weight excluding hydrogens is 755 g/mol. The number of nitrogens with zero attached hydrogens (tertiary/aromatic N) is 3. The Morgan fingerprint density at radius 3 is 1.49 bits per heavy atom. The van der Waals surface area contributed by atoms with Gasteiger partial charge in [0.2, 0.25) is 0 Å². The highest BCUT2D eigenvalue weighted by Crippen LogP contribution is 2.64. The summed E-state index contributed by atoms with van der Waals surface area (Å²) in [4.78, 5) is 14.7. The van der Waals surface area contributed by atoms with E-state index in [4.69, 9.17) is 21.8 Å². The van der Waals surface area contributed by atoms with Gasteiger partial charge in [-0.1, -0.05) is 212 Å². The van der Waals surface area contributed by atoms with Gasteiger partial charge < -0.3 is 0 Å². The first-order valence-corrected chi connectivity index (χ1v) is 24.8. The van der Waals surface area contributed by atoms with Crippen molar-refractivity contribution in [1.29, 1.82) is 0 Å². The molecule has 0 radical (unpaired) electrons. The van der Waals surface area contributed by atoms with Crippen molar-refractivity contribution in [2.75, 3.05) is 0 Å². The van der Waals surface area contributed by atoms with E-state index in [0.717, 1.165) is 16.7 Å². The number of aromatic nitrogens is 3. The lowest BCUT2D eigenvalue weighted by Gasteiger charge is -2.33. The van der Waals surface area contributed by atoms with Crippen molar-refractivity contribution in [3.8, 4) is 67.5 Å². The van der Waals surface area contributed by atoms with E-state index >= 15 is 0 Å². The summed E-state index contributed by atoms with van der Waals surface area (Å²) in [5.74, 6) is 0.715. The molecule has 8 aromatic rings. The highest BCUT2D eigenvalue weighted by Gasteiger charge is 2.52. The molecule has 0 amide bonds. The van der Waals surface area contributed by atoms with Gasteiger partial charge in [-0.3, -0.25) is 0 Å². The second kappa shape index (κ2) is 13.9. The first-order valence-electron chi connectivity index (χ1n) is 23.8. The van der Waals surface area contributed by atoms with E-state index in [1.54, 1.807) is 0 Å². The molecule has 0 fully saturated rings. The molecule has 0 aliphatic heterocycles. The molecule has 0 N–H and O–H groups in total. The van der Waals surface area contributed by atoms with Crippen molar-refractivity contribution < 1.29 is 6.85 Å². The van der Waals surface area contributed by atoms with E-state index in [0.29, 0.717) is 17.2 Å². The Bertz CT molecular complexity index is 3230. The Morgan fingerprint density at radius 2 is 0.902 bits per heavy atom. The van der Waals surface area contributed by atoms with Gasteiger partial charge in [0.05, 0.1) is 20.3 Å². The first kappa shape index (κ1) is 33.5. The van der Waals surface area contributed by atoms with Gasteiger partial charge in [-0.05, 0) is 89.7 Å². The lowest BCUT2D eigenvalue weighted by atomic mass is 9.68. The molecule has 61 heavy (non-hydrogen) atoms. The number of hydrogen-bond acceptors (Lipinski definition) is 3. The summed E-state index contributed by atoms with van der Waals surface area (Å²) in [6.45, 7) is 20.6. The molecule has 0 unspecified atom stereocenters. The molecular formula is C57H53N3Si. The maximum atomic E-state index is 8.85. The van der Waals surface area contributed by atoms with E-state index in [-0.39, 0.29) is 34.3 Å². The second-order valence-corrected chi connectivity index (χ2v) is 24.9. The van der Waals surface area contributed by atoms with E-state index in [2.05, 4.69) is 164 Å². The largest absolute Gasteiger partial charge is 0.208 e. The smallest absolute Gasteiger partial charge is 0.164 e. The van der Waals surface area contributed by atoms with E-state index < -0.39 is 31.6 Å². The van der Waals surface area contributed by atoms with Crippen LogP contribution in [0.25, 0.3) is 67.5 Å². The van der Waals surface area contributed by atoms with Gasteiger partial charge in [0, 0.05) is 16.7 Å². The lowest BCUT2D eigenvalue weighted by molar-refractivity contribution is 0.586. The van der Waals surface area contributed by atoms with Gasteiger partial charge in [0.1, 0.15) is 0 Å². The van der Waals surface area contributed by atoms with Crippen molar-refractivity contribution in [3.63, 3.8) is 0 Å². The molecule has 1 heterocycles. The zero-order valence-corrected chi connectivity index (χ0v) is 37.5. The highest BCUT2D eigenvalue weighted by atomic mass is 28.3. The molecule has 7 aromatic carbocycles. The molecule has 0 bridgehead atoms. The highest BCUT2D eigenvalue weighted by molar-refractivity contribution is 6.88. The summed E-state index contributed by atoms with van der Waals surface area (Å²) >= 11 is 0. The van der Waals surface area contributed by atoms with Crippen LogP contribution in [0.2, 0.25) is 19.6 Å². The van der Waals surface area contributed by atoms with Crippen molar-refractivity contribution in [3.05, 3.63) is 191 Å². The third-order valence-corrected chi connectivity index (χ3v) is 14.8. The molecule has 3 nitrogen and oxygen atoms in total. The summed E-state index contributed by atoms with van der Waals surface area (Å²) in [5, 5.41) is 1.28. The van der Waals surface area contributed by atoms with Crippen molar-refractivity contribution >= 4 is 13.3 Å². The minimum atomic E-state index is -1.61. The molecule has 1 aromatic heterocycles. The Balaban J connectivity index is 1.18. The third kappa shape index (κ3) is 6.42. The van der Waals surface area contributed by atoms with Crippen molar-refractivity contribution in [1.82, 2.24) is 15.0 Å². The summed E-state index contributed by atoms with van der Waals surface area (Å²) in [5.41, 5.74) is 15.5. The molecule has 10 rings (SSSR count). The lowest BCUT2D eigenvalue weighted by Crippen LogP contribution is -2.37. The zero-order valence-electron chi connectivity index (χ0n) is 41.5. The fourth-order valence-electron chi connectivity index (χ4n) is 9.36. The Labute approximate surface area is 369 Å². The molecule has 4 heteroatoms. The maximum Gasteiger partial charge on any atom is 0.164 e. The zero-order chi connectivity index (χ0) is 46.8. The van der Waals surface area contributed by atoms with E-state index in [1.807, 2.05) is 24.3 Å². The summed E-state index contributed by atoms with van der Waals surface area (Å²) in [6, 6.07) is 44.4. The van der Waals surface area contributed by atoms with Crippen LogP contribution in [0.15, 0.2) is 158 Å². The molecule has 0 atom stereocenters. The number of benzene rings is 7. The van der Waals surface area contributed by atoms with E-state index in [9.17, 15) is 0 Å². The van der Waals surface area contributed by atoms with E-state index in [1.165, 1.54) is 60.8 Å². The average molecular weight is 813 g/mol. The summed E-state index contributed by atoms with van der Waals surface area (Å²) < 4.78 is 42.9. The van der Waals surface area contributed by atoms with Crippen LogP contribution in [-0.2, 0) is 16.2 Å². The molecule has 0 saturated heterocycles. The van der Waals surface area contributed by atoms with Gasteiger partial charge >= 0.3 is 0 Å². The summed E-state index contributed by atoms with van der Waals surface area (Å²) in [7, 11) is -1.61. The first-order chi connectivity index (χ1) is 31.2. The van der Waals surface area contributed by atoms with Crippen molar-refractivity contribution in [2.45, 2.75) is 77.4 Å². The minimum absolute atomic E-state index is 0.0201. The summed E-state index contributed by atoms with van der Waals surface area (Å²) in [6.07, 6.45) is 0. The fraction of sp³-hybridized carbons (Fsp3) is 0.211. The quantitative estimate of drug-likeness (QED) is 0.163. The monoisotopic (exact) mass is 812 g/mol. The number of fused-ring (bicyclic) bond motifs is 10. The molecule has 1 spiro atoms. The van der Waals surface area contributed by atoms with Gasteiger partial charge in [-0.15, -0.1) is 0 Å². The van der Waals surface area contributed by atoms with Crippen LogP contribution in [0, 0.1) is 0 Å². The van der Waals surface area contributed by atoms with Crippen molar-refractivity contribution in [2.24, 2.45) is 0 Å². The Hall–Kier alpha value is -6.23. The number of rotatable bonds is 5. The Morgan fingerprint density at radius 1 is 0.426 bits per heavy atom. The molecule has 0 saturated carbocycles. The third-order valence-electron chi connectivity index (χ3n) is 12.7. The van der Waals surface area contributed by atoms with Crippen LogP contribution in [0.1, 0.15) is 81.8 Å². The topological polar surface area (TPSA) is 38.7 Å². The molecule has 2 aliphatic carbocycles. The second-order valence-electron chi connectivity index (χ2n) is 19.8. The van der Waals surface area contributed by atoms with Gasteiger partial charge in [0.25, 0.3) is 0 Å². The standard InChI is InChI=1S/C57H53N3Si/c1-55(2,3)41-25-30-46-47-31-26-42(56(4,5)6)35-51(47)57(50(46)34-41)48-21-14-13-20-44(48)45-29-24-39(33-49(45)57)38-18-15-19-40(32-38)54-59-52(36-16-11-10-12-17-36)58-53(60-54)37-22-27-43(28-23-37)61(7,8)9/h10-35H,1-9H3/i10D,11D,12D,16D,17D. The van der Waals surface area contributed by atoms with Gasteiger partial charge in [-0.2, -0.15) is 0 Å². The minimum Gasteiger partial charge on any atom is -0.208 e.